The molecule has 0 saturated carbocycles. The van der Waals surface area contributed by atoms with Crippen LogP contribution in [-0.2, 0) is 0 Å². The molecule has 0 saturated heterocycles. The zero-order chi connectivity index (χ0) is 13.8. The summed E-state index contributed by atoms with van der Waals surface area (Å²) in [6.45, 7) is 6.37. The molecule has 0 aliphatic heterocycles. The van der Waals surface area contributed by atoms with Gasteiger partial charge in [-0.3, -0.25) is 9.89 Å². The third-order valence-corrected chi connectivity index (χ3v) is 3.80. The van der Waals surface area contributed by atoms with Crippen molar-refractivity contribution >= 4 is 16.8 Å². The average molecular weight is 259 g/mol. The van der Waals surface area contributed by atoms with E-state index in [0.717, 1.165) is 23.7 Å². The highest BCUT2D eigenvalue weighted by molar-refractivity contribution is 6.04. The first kappa shape index (κ1) is 13.6. The van der Waals surface area contributed by atoms with Crippen LogP contribution in [-0.4, -0.2) is 22.1 Å². The van der Waals surface area contributed by atoms with Crippen molar-refractivity contribution in [2.45, 2.75) is 39.7 Å². The number of fused-ring (bicyclic) bond motifs is 1. The van der Waals surface area contributed by atoms with E-state index in [9.17, 15) is 4.79 Å². The first-order chi connectivity index (χ1) is 9.17. The molecule has 0 spiro atoms. The van der Waals surface area contributed by atoms with Crippen molar-refractivity contribution in [3.63, 3.8) is 0 Å². The van der Waals surface area contributed by atoms with Crippen molar-refractivity contribution < 1.29 is 4.79 Å². The van der Waals surface area contributed by atoms with Gasteiger partial charge in [-0.1, -0.05) is 44.9 Å². The zero-order valence-corrected chi connectivity index (χ0v) is 11.7. The minimum atomic E-state index is -0.100. The molecule has 0 aliphatic carbocycles. The summed E-state index contributed by atoms with van der Waals surface area (Å²) in [4.78, 5) is 12.3. The number of benzene rings is 1. The van der Waals surface area contributed by atoms with Crippen LogP contribution in [0.4, 0.5) is 0 Å². The minimum Gasteiger partial charge on any atom is -0.348 e. The SMILES string of the molecule is CCC(CC)C(C)NC(=O)c1n[nH]c2ccccc12. The highest BCUT2D eigenvalue weighted by Crippen LogP contribution is 2.17. The van der Waals surface area contributed by atoms with Gasteiger partial charge in [-0.2, -0.15) is 5.10 Å². The fourth-order valence-electron chi connectivity index (χ4n) is 2.53. The first-order valence-corrected chi connectivity index (χ1v) is 6.91. The van der Waals surface area contributed by atoms with Crippen LogP contribution in [0.25, 0.3) is 10.9 Å². The van der Waals surface area contributed by atoms with E-state index in [2.05, 4.69) is 36.3 Å². The van der Waals surface area contributed by atoms with Crippen LogP contribution in [0.5, 0.6) is 0 Å². The van der Waals surface area contributed by atoms with Crippen LogP contribution in [0.2, 0.25) is 0 Å². The molecule has 0 aliphatic rings. The number of carbonyl (C=O) groups excluding carboxylic acids is 1. The van der Waals surface area contributed by atoms with Gasteiger partial charge in [0.2, 0.25) is 0 Å². The number of aromatic nitrogens is 2. The van der Waals surface area contributed by atoms with Crippen molar-refractivity contribution in [1.82, 2.24) is 15.5 Å². The molecule has 0 radical (unpaired) electrons. The van der Waals surface area contributed by atoms with Gasteiger partial charge in [0.15, 0.2) is 5.69 Å². The van der Waals surface area contributed by atoms with Crippen molar-refractivity contribution in [3.8, 4) is 0 Å². The Bertz CT molecular complexity index is 557. The first-order valence-electron chi connectivity index (χ1n) is 6.91. The molecule has 0 fully saturated rings. The maximum absolute atomic E-state index is 12.3. The van der Waals surface area contributed by atoms with Gasteiger partial charge in [-0.05, 0) is 18.9 Å². The average Bonchev–Trinajstić information content (AvgIpc) is 2.84. The lowest BCUT2D eigenvalue weighted by Gasteiger charge is -2.22. The Morgan fingerprint density at radius 3 is 2.68 bits per heavy atom. The van der Waals surface area contributed by atoms with Crippen molar-refractivity contribution in [2.75, 3.05) is 0 Å². The van der Waals surface area contributed by atoms with Gasteiger partial charge in [0.1, 0.15) is 0 Å². The Morgan fingerprint density at radius 1 is 1.32 bits per heavy atom. The smallest absolute Gasteiger partial charge is 0.272 e. The number of rotatable bonds is 5. The third-order valence-electron chi connectivity index (χ3n) is 3.80. The third kappa shape index (κ3) is 2.78. The predicted molar refractivity (Wildman–Crippen MR) is 77.1 cm³/mol. The summed E-state index contributed by atoms with van der Waals surface area (Å²) >= 11 is 0. The molecule has 1 heterocycles. The summed E-state index contributed by atoms with van der Waals surface area (Å²) in [5, 5.41) is 10.9. The van der Waals surface area contributed by atoms with E-state index < -0.39 is 0 Å². The Kier molecular flexibility index (Phi) is 4.20. The normalized spacial score (nSPS) is 12.8. The summed E-state index contributed by atoms with van der Waals surface area (Å²) in [5.41, 5.74) is 1.37. The number of aromatic amines is 1. The van der Waals surface area contributed by atoms with Crippen LogP contribution in [0.1, 0.15) is 44.1 Å². The summed E-state index contributed by atoms with van der Waals surface area (Å²) in [6, 6.07) is 7.84. The second-order valence-electron chi connectivity index (χ2n) is 4.96. The van der Waals surface area contributed by atoms with Crippen LogP contribution >= 0.6 is 0 Å². The molecule has 4 heteroatoms. The van der Waals surface area contributed by atoms with Crippen LogP contribution < -0.4 is 5.32 Å². The monoisotopic (exact) mass is 259 g/mol. The van der Waals surface area contributed by atoms with E-state index in [1.165, 1.54) is 0 Å². The molecule has 1 unspecified atom stereocenters. The summed E-state index contributed by atoms with van der Waals surface area (Å²) in [5.74, 6) is 0.408. The number of amides is 1. The van der Waals surface area contributed by atoms with Crippen molar-refractivity contribution in [1.29, 1.82) is 0 Å². The lowest BCUT2D eigenvalue weighted by Crippen LogP contribution is -2.38. The molecule has 1 atom stereocenters. The molecule has 19 heavy (non-hydrogen) atoms. The fourth-order valence-corrected chi connectivity index (χ4v) is 2.53. The number of H-pyrrole nitrogens is 1. The van der Waals surface area contributed by atoms with E-state index in [1.54, 1.807) is 0 Å². The molecular weight excluding hydrogens is 238 g/mol. The molecule has 2 N–H and O–H groups in total. The fraction of sp³-hybridized carbons (Fsp3) is 0.467. The molecule has 1 aromatic heterocycles. The van der Waals surface area contributed by atoms with Gasteiger partial charge >= 0.3 is 0 Å². The second-order valence-corrected chi connectivity index (χ2v) is 4.96. The van der Waals surface area contributed by atoms with Gasteiger partial charge in [0.05, 0.1) is 5.52 Å². The van der Waals surface area contributed by atoms with Gasteiger partial charge in [0.25, 0.3) is 5.91 Å². The summed E-state index contributed by atoms with van der Waals surface area (Å²) in [7, 11) is 0. The molecule has 4 nitrogen and oxygen atoms in total. The highest BCUT2D eigenvalue weighted by Gasteiger charge is 2.19. The molecule has 1 amide bonds. The van der Waals surface area contributed by atoms with E-state index in [-0.39, 0.29) is 11.9 Å². The largest absolute Gasteiger partial charge is 0.348 e. The highest BCUT2D eigenvalue weighted by atomic mass is 16.2. The lowest BCUT2D eigenvalue weighted by molar-refractivity contribution is 0.0921. The lowest BCUT2D eigenvalue weighted by atomic mass is 9.95. The molecule has 102 valence electrons. The second kappa shape index (κ2) is 5.87. The van der Waals surface area contributed by atoms with Gasteiger partial charge in [-0.15, -0.1) is 0 Å². The minimum absolute atomic E-state index is 0.100. The summed E-state index contributed by atoms with van der Waals surface area (Å²) < 4.78 is 0. The van der Waals surface area contributed by atoms with E-state index in [4.69, 9.17) is 0 Å². The Hall–Kier alpha value is -1.84. The topological polar surface area (TPSA) is 57.8 Å². The number of hydrogen-bond acceptors (Lipinski definition) is 2. The van der Waals surface area contributed by atoms with E-state index in [0.29, 0.717) is 11.6 Å². The van der Waals surface area contributed by atoms with Gasteiger partial charge in [-0.25, -0.2) is 0 Å². The van der Waals surface area contributed by atoms with Gasteiger partial charge < -0.3 is 5.32 Å². The maximum atomic E-state index is 12.3. The predicted octanol–water partition coefficient (Wildman–Crippen LogP) is 3.12. The van der Waals surface area contributed by atoms with Crippen molar-refractivity contribution in [2.24, 2.45) is 5.92 Å². The van der Waals surface area contributed by atoms with Crippen LogP contribution in [0.15, 0.2) is 24.3 Å². The number of carbonyl (C=O) groups is 1. The molecule has 2 rings (SSSR count). The number of nitrogens with one attached hydrogen (secondary N) is 2. The Labute approximate surface area is 113 Å². The number of para-hydroxylation sites is 1. The van der Waals surface area contributed by atoms with Crippen molar-refractivity contribution in [3.05, 3.63) is 30.0 Å². The Balaban J connectivity index is 2.16. The van der Waals surface area contributed by atoms with Crippen LogP contribution in [0, 0.1) is 5.92 Å². The zero-order valence-electron chi connectivity index (χ0n) is 11.7. The van der Waals surface area contributed by atoms with Crippen LogP contribution in [0.3, 0.4) is 0 Å². The molecule has 1 aromatic carbocycles. The Morgan fingerprint density at radius 2 is 2.00 bits per heavy atom. The number of hydrogen-bond donors (Lipinski definition) is 2. The van der Waals surface area contributed by atoms with E-state index >= 15 is 0 Å². The molecule has 2 aromatic rings. The quantitative estimate of drug-likeness (QED) is 0.866. The van der Waals surface area contributed by atoms with E-state index in [1.807, 2.05) is 24.3 Å². The molecule has 0 bridgehead atoms. The standard InChI is InChI=1S/C15H21N3O/c1-4-11(5-2)10(3)16-15(19)14-12-8-6-7-9-13(12)17-18-14/h6-11H,4-5H2,1-3H3,(H,16,19)(H,17,18). The van der Waals surface area contributed by atoms with Gasteiger partial charge in [0, 0.05) is 11.4 Å². The number of nitrogens with zero attached hydrogens (tertiary/aromatic N) is 1. The summed E-state index contributed by atoms with van der Waals surface area (Å²) in [6.07, 6.45) is 2.14. The molecular formula is C15H21N3O. The maximum Gasteiger partial charge on any atom is 0.272 e.